The van der Waals surface area contributed by atoms with Gasteiger partial charge in [-0.3, -0.25) is 4.79 Å². The van der Waals surface area contributed by atoms with E-state index in [0.717, 1.165) is 13.0 Å². The number of allylic oxidation sites excluding steroid dienone is 1. The van der Waals surface area contributed by atoms with E-state index in [1.165, 1.54) is 6.08 Å². The van der Waals surface area contributed by atoms with Crippen molar-refractivity contribution in [2.75, 3.05) is 34.9 Å². The van der Waals surface area contributed by atoms with Crippen molar-refractivity contribution < 1.29 is 14.3 Å². The molecule has 0 aliphatic heterocycles. The van der Waals surface area contributed by atoms with Crippen molar-refractivity contribution in [2.24, 2.45) is 0 Å². The minimum absolute atomic E-state index is 0.0615. The molecule has 0 N–H and O–H groups in total. The molecule has 0 aromatic carbocycles. The van der Waals surface area contributed by atoms with E-state index < -0.39 is 5.79 Å². The molecule has 0 rings (SSSR count). The Hall–Kier alpha value is -0.710. The number of methoxy groups -OCH3 is 2. The third kappa shape index (κ3) is 5.39. The molecule has 0 spiro atoms. The second-order valence-corrected chi connectivity index (χ2v) is 4.07. The zero-order chi connectivity index (χ0) is 12.6. The van der Waals surface area contributed by atoms with E-state index in [4.69, 9.17) is 9.47 Å². The Morgan fingerprint density at radius 3 is 2.31 bits per heavy atom. The molecule has 0 aliphatic carbocycles. The second-order valence-electron chi connectivity index (χ2n) is 4.07. The highest BCUT2D eigenvalue weighted by molar-refractivity contribution is 5.89. The van der Waals surface area contributed by atoms with Crippen LogP contribution in [0.2, 0.25) is 0 Å². The molecule has 0 heterocycles. The molecule has 0 atom stereocenters. The van der Waals surface area contributed by atoms with Crippen molar-refractivity contribution >= 4 is 5.78 Å². The van der Waals surface area contributed by atoms with Crippen LogP contribution in [0.3, 0.4) is 0 Å². The molecule has 4 nitrogen and oxygen atoms in total. The normalized spacial score (nSPS) is 11.8. The SMILES string of the molecule is C=CC(=O)CC(CCCN(C)C)(OC)OC. The summed E-state index contributed by atoms with van der Waals surface area (Å²) < 4.78 is 10.7. The van der Waals surface area contributed by atoms with Crippen LogP contribution >= 0.6 is 0 Å². The number of hydrogen-bond acceptors (Lipinski definition) is 4. The first kappa shape index (κ1) is 15.3. The summed E-state index contributed by atoms with van der Waals surface area (Å²) in [5, 5.41) is 0. The van der Waals surface area contributed by atoms with Crippen molar-refractivity contribution in [3.8, 4) is 0 Å². The lowest BCUT2D eigenvalue weighted by molar-refractivity contribution is -0.213. The Bertz CT molecular complexity index is 222. The van der Waals surface area contributed by atoms with Crippen LogP contribution in [0.25, 0.3) is 0 Å². The van der Waals surface area contributed by atoms with Crippen molar-refractivity contribution in [3.63, 3.8) is 0 Å². The second kappa shape index (κ2) is 7.54. The summed E-state index contributed by atoms with van der Waals surface area (Å²) >= 11 is 0. The van der Waals surface area contributed by atoms with Gasteiger partial charge >= 0.3 is 0 Å². The van der Waals surface area contributed by atoms with Crippen LogP contribution in [0.15, 0.2) is 12.7 Å². The number of ether oxygens (including phenoxy) is 2. The lowest BCUT2D eigenvalue weighted by Crippen LogP contribution is -2.36. The monoisotopic (exact) mass is 229 g/mol. The van der Waals surface area contributed by atoms with Crippen molar-refractivity contribution in [2.45, 2.75) is 25.0 Å². The van der Waals surface area contributed by atoms with Gasteiger partial charge in [0.05, 0.1) is 6.42 Å². The first-order valence-electron chi connectivity index (χ1n) is 5.40. The van der Waals surface area contributed by atoms with Gasteiger partial charge in [0.15, 0.2) is 11.6 Å². The molecule has 0 radical (unpaired) electrons. The summed E-state index contributed by atoms with van der Waals surface area (Å²) in [7, 11) is 7.15. The molecular formula is C12H23NO3. The Balaban J connectivity index is 4.31. The molecule has 0 aliphatic rings. The van der Waals surface area contributed by atoms with Crippen LogP contribution in [-0.2, 0) is 14.3 Å². The average Bonchev–Trinajstić information content (AvgIpc) is 2.27. The minimum Gasteiger partial charge on any atom is -0.353 e. The fourth-order valence-corrected chi connectivity index (χ4v) is 1.52. The van der Waals surface area contributed by atoms with Gasteiger partial charge in [0.1, 0.15) is 0 Å². The van der Waals surface area contributed by atoms with E-state index in [9.17, 15) is 4.79 Å². The summed E-state index contributed by atoms with van der Waals surface area (Å²) in [6.45, 7) is 4.39. The van der Waals surface area contributed by atoms with Crippen LogP contribution in [0.4, 0.5) is 0 Å². The molecule has 0 saturated heterocycles. The largest absolute Gasteiger partial charge is 0.353 e. The minimum atomic E-state index is -0.804. The van der Waals surface area contributed by atoms with Gasteiger partial charge in [-0.25, -0.2) is 0 Å². The standard InChI is InChI=1S/C12H23NO3/c1-6-11(14)10-12(15-4,16-5)8-7-9-13(2)3/h6H,1,7-10H2,2-5H3. The maximum atomic E-state index is 11.4. The number of hydrogen-bond donors (Lipinski definition) is 0. The van der Waals surface area contributed by atoms with Crippen molar-refractivity contribution in [3.05, 3.63) is 12.7 Å². The Kier molecular flexibility index (Phi) is 7.21. The molecule has 4 heteroatoms. The summed E-state index contributed by atoms with van der Waals surface area (Å²) in [5.74, 6) is -0.866. The first-order chi connectivity index (χ1) is 7.49. The first-order valence-corrected chi connectivity index (χ1v) is 5.40. The van der Waals surface area contributed by atoms with Crippen molar-refractivity contribution in [1.29, 1.82) is 0 Å². The molecule has 0 amide bonds. The Labute approximate surface area is 98.2 Å². The van der Waals surface area contributed by atoms with E-state index in [0.29, 0.717) is 6.42 Å². The number of rotatable bonds is 9. The zero-order valence-corrected chi connectivity index (χ0v) is 10.8. The molecule has 16 heavy (non-hydrogen) atoms. The number of carbonyl (C=O) groups is 1. The van der Waals surface area contributed by atoms with Gasteiger partial charge in [-0.05, 0) is 33.1 Å². The van der Waals surface area contributed by atoms with Gasteiger partial charge in [0.2, 0.25) is 0 Å². The van der Waals surface area contributed by atoms with Crippen LogP contribution in [0, 0.1) is 0 Å². The molecule has 0 aromatic heterocycles. The predicted octanol–water partition coefficient (Wildman–Crippen LogP) is 1.46. The quantitative estimate of drug-likeness (QED) is 0.443. The summed E-state index contributed by atoms with van der Waals surface area (Å²) in [5.41, 5.74) is 0. The van der Waals surface area contributed by atoms with E-state index in [-0.39, 0.29) is 12.2 Å². The summed E-state index contributed by atoms with van der Waals surface area (Å²) in [6, 6.07) is 0. The van der Waals surface area contributed by atoms with Crippen LogP contribution in [0.5, 0.6) is 0 Å². The summed E-state index contributed by atoms with van der Waals surface area (Å²) in [4.78, 5) is 13.4. The molecule has 0 bridgehead atoms. The highest BCUT2D eigenvalue weighted by atomic mass is 16.7. The Morgan fingerprint density at radius 1 is 1.38 bits per heavy atom. The molecule has 0 fully saturated rings. The van der Waals surface area contributed by atoms with E-state index in [1.54, 1.807) is 14.2 Å². The number of carbonyl (C=O) groups excluding carboxylic acids is 1. The van der Waals surface area contributed by atoms with E-state index in [2.05, 4.69) is 11.5 Å². The molecule has 0 saturated carbocycles. The summed E-state index contributed by atoms with van der Waals surface area (Å²) in [6.07, 6.45) is 3.13. The lowest BCUT2D eigenvalue weighted by atomic mass is 10.0. The smallest absolute Gasteiger partial charge is 0.174 e. The van der Waals surface area contributed by atoms with Crippen LogP contribution < -0.4 is 0 Å². The van der Waals surface area contributed by atoms with Crippen molar-refractivity contribution in [1.82, 2.24) is 4.90 Å². The van der Waals surface area contributed by atoms with E-state index >= 15 is 0 Å². The maximum absolute atomic E-state index is 11.4. The third-order valence-corrected chi connectivity index (χ3v) is 2.58. The van der Waals surface area contributed by atoms with Gasteiger partial charge in [-0.1, -0.05) is 6.58 Å². The maximum Gasteiger partial charge on any atom is 0.174 e. The zero-order valence-electron chi connectivity index (χ0n) is 10.8. The molecule has 0 unspecified atom stereocenters. The number of nitrogens with zero attached hydrogens (tertiary/aromatic N) is 1. The fraction of sp³-hybridized carbons (Fsp3) is 0.750. The molecule has 0 aromatic rings. The van der Waals surface area contributed by atoms with Gasteiger partial charge < -0.3 is 14.4 Å². The highest BCUT2D eigenvalue weighted by Crippen LogP contribution is 2.23. The predicted molar refractivity (Wildman–Crippen MR) is 64.4 cm³/mol. The number of ketones is 1. The fourth-order valence-electron chi connectivity index (χ4n) is 1.52. The topological polar surface area (TPSA) is 38.8 Å². The van der Waals surface area contributed by atoms with Gasteiger partial charge in [-0.15, -0.1) is 0 Å². The Morgan fingerprint density at radius 2 is 1.94 bits per heavy atom. The third-order valence-electron chi connectivity index (χ3n) is 2.58. The highest BCUT2D eigenvalue weighted by Gasteiger charge is 2.31. The van der Waals surface area contributed by atoms with Gasteiger partial charge in [0.25, 0.3) is 0 Å². The van der Waals surface area contributed by atoms with E-state index in [1.807, 2.05) is 14.1 Å². The molecular weight excluding hydrogens is 206 g/mol. The van der Waals surface area contributed by atoms with Gasteiger partial charge in [-0.2, -0.15) is 0 Å². The lowest BCUT2D eigenvalue weighted by Gasteiger charge is -2.30. The molecule has 94 valence electrons. The average molecular weight is 229 g/mol. The van der Waals surface area contributed by atoms with Crippen LogP contribution in [-0.4, -0.2) is 51.3 Å². The van der Waals surface area contributed by atoms with Gasteiger partial charge in [0, 0.05) is 20.6 Å². The van der Waals surface area contributed by atoms with Crippen LogP contribution in [0.1, 0.15) is 19.3 Å².